The van der Waals surface area contributed by atoms with Crippen molar-refractivity contribution in [3.8, 4) is 0 Å². The van der Waals surface area contributed by atoms with Gasteiger partial charge >= 0.3 is 5.97 Å². The quantitative estimate of drug-likeness (QED) is 0.512. The van der Waals surface area contributed by atoms with E-state index in [1.807, 2.05) is 0 Å². The highest BCUT2D eigenvalue weighted by atomic mass is 16.5. The Kier molecular flexibility index (Phi) is 4.43. The molecule has 0 aromatic rings. The molecule has 0 aromatic heterocycles. The summed E-state index contributed by atoms with van der Waals surface area (Å²) in [6.07, 6.45) is 7.73. The van der Waals surface area contributed by atoms with E-state index >= 15 is 0 Å². The first kappa shape index (κ1) is 11.5. The Morgan fingerprint density at radius 1 is 1.29 bits per heavy atom. The maximum atomic E-state index is 11.8. The summed E-state index contributed by atoms with van der Waals surface area (Å²) in [6, 6.07) is 0. The van der Waals surface area contributed by atoms with Gasteiger partial charge in [0.15, 0.2) is 0 Å². The Hall–Kier alpha value is -0.530. The fourth-order valence-electron chi connectivity index (χ4n) is 2.02. The second-order valence-corrected chi connectivity index (χ2v) is 4.61. The molecule has 1 aliphatic carbocycles. The summed E-state index contributed by atoms with van der Waals surface area (Å²) in [4.78, 5) is 11.8. The number of ether oxygens (including phenoxy) is 1. The second-order valence-electron chi connectivity index (χ2n) is 4.61. The van der Waals surface area contributed by atoms with Crippen LogP contribution in [-0.4, -0.2) is 12.6 Å². The normalized spacial score (nSPS) is 20.4. The van der Waals surface area contributed by atoms with Gasteiger partial charge in [0.2, 0.25) is 0 Å². The van der Waals surface area contributed by atoms with Gasteiger partial charge in [-0.2, -0.15) is 0 Å². The molecule has 0 radical (unpaired) electrons. The van der Waals surface area contributed by atoms with Crippen LogP contribution in [0.1, 0.15) is 58.8 Å². The maximum absolute atomic E-state index is 11.8. The molecule has 2 heteroatoms. The van der Waals surface area contributed by atoms with E-state index in [9.17, 15) is 4.79 Å². The Labute approximate surface area is 87.0 Å². The summed E-state index contributed by atoms with van der Waals surface area (Å²) in [6.45, 7) is 4.77. The van der Waals surface area contributed by atoms with E-state index in [1.165, 1.54) is 19.3 Å². The summed E-state index contributed by atoms with van der Waals surface area (Å²) < 4.78 is 5.29. The molecule has 0 heterocycles. The van der Waals surface area contributed by atoms with Crippen molar-refractivity contribution in [2.45, 2.75) is 58.8 Å². The van der Waals surface area contributed by atoms with Crippen molar-refractivity contribution in [1.29, 1.82) is 0 Å². The van der Waals surface area contributed by atoms with E-state index in [0.29, 0.717) is 6.61 Å². The molecule has 1 fully saturated rings. The van der Waals surface area contributed by atoms with E-state index < -0.39 is 0 Å². The molecule has 0 bridgehead atoms. The van der Waals surface area contributed by atoms with Gasteiger partial charge in [0.1, 0.15) is 0 Å². The summed E-state index contributed by atoms with van der Waals surface area (Å²) in [5.74, 6) is 0.0330. The zero-order valence-electron chi connectivity index (χ0n) is 9.47. The molecule has 2 nitrogen and oxygen atoms in total. The number of esters is 1. The van der Waals surface area contributed by atoms with Crippen molar-refractivity contribution < 1.29 is 9.53 Å². The molecule has 0 saturated heterocycles. The third-order valence-corrected chi connectivity index (χ3v) is 3.18. The topological polar surface area (TPSA) is 26.3 Å². The van der Waals surface area contributed by atoms with E-state index in [0.717, 1.165) is 25.7 Å². The lowest BCUT2D eigenvalue weighted by atomic mass is 9.76. The lowest BCUT2D eigenvalue weighted by Gasteiger charge is -2.30. The van der Waals surface area contributed by atoms with Crippen LogP contribution in [0.2, 0.25) is 0 Å². The number of hydrogen-bond acceptors (Lipinski definition) is 2. The van der Waals surface area contributed by atoms with E-state index in [2.05, 4.69) is 13.8 Å². The fraction of sp³-hybridized carbons (Fsp3) is 0.917. The summed E-state index contributed by atoms with van der Waals surface area (Å²) >= 11 is 0. The SMILES string of the molecule is CCCCOC(=O)C1(C)CCCCC1. The van der Waals surface area contributed by atoms with E-state index in [-0.39, 0.29) is 11.4 Å². The average molecular weight is 198 g/mol. The molecule has 0 atom stereocenters. The van der Waals surface area contributed by atoms with E-state index in [1.54, 1.807) is 0 Å². The van der Waals surface area contributed by atoms with Gasteiger partial charge in [0, 0.05) is 0 Å². The molecule has 0 N–H and O–H groups in total. The Bertz CT molecular complexity index is 181. The van der Waals surface area contributed by atoms with Crippen molar-refractivity contribution in [3.63, 3.8) is 0 Å². The number of hydrogen-bond donors (Lipinski definition) is 0. The predicted molar refractivity (Wildman–Crippen MR) is 57.1 cm³/mol. The third-order valence-electron chi connectivity index (χ3n) is 3.18. The van der Waals surface area contributed by atoms with Crippen LogP contribution in [0.4, 0.5) is 0 Å². The van der Waals surface area contributed by atoms with Crippen molar-refractivity contribution in [1.82, 2.24) is 0 Å². The molecule has 1 saturated carbocycles. The number of rotatable bonds is 4. The van der Waals surface area contributed by atoms with Gasteiger partial charge < -0.3 is 4.74 Å². The van der Waals surface area contributed by atoms with Crippen LogP contribution in [0.3, 0.4) is 0 Å². The molecule has 14 heavy (non-hydrogen) atoms. The standard InChI is InChI=1S/C12H22O2/c1-3-4-10-14-11(13)12(2)8-6-5-7-9-12/h3-10H2,1-2H3. The highest BCUT2D eigenvalue weighted by molar-refractivity contribution is 5.76. The number of carbonyl (C=O) groups is 1. The van der Waals surface area contributed by atoms with Gasteiger partial charge in [-0.3, -0.25) is 4.79 Å². The Balaban J connectivity index is 2.33. The predicted octanol–water partition coefficient (Wildman–Crippen LogP) is 3.30. The van der Waals surface area contributed by atoms with Crippen molar-refractivity contribution in [2.75, 3.05) is 6.61 Å². The molecule has 0 spiro atoms. The summed E-state index contributed by atoms with van der Waals surface area (Å²) in [7, 11) is 0. The molecule has 82 valence electrons. The molecule has 1 rings (SSSR count). The Morgan fingerprint density at radius 3 is 2.50 bits per heavy atom. The van der Waals surface area contributed by atoms with Crippen molar-refractivity contribution in [2.24, 2.45) is 5.41 Å². The Morgan fingerprint density at radius 2 is 1.93 bits per heavy atom. The summed E-state index contributed by atoms with van der Waals surface area (Å²) in [5, 5.41) is 0. The second kappa shape index (κ2) is 5.38. The van der Waals surface area contributed by atoms with Crippen LogP contribution in [0, 0.1) is 5.41 Å². The van der Waals surface area contributed by atoms with Gasteiger partial charge in [0.25, 0.3) is 0 Å². The maximum Gasteiger partial charge on any atom is 0.311 e. The molecule has 0 amide bonds. The number of unbranched alkanes of at least 4 members (excludes halogenated alkanes) is 1. The van der Waals surface area contributed by atoms with Crippen LogP contribution >= 0.6 is 0 Å². The molecule has 0 unspecified atom stereocenters. The minimum absolute atomic E-state index is 0.0330. The van der Waals surface area contributed by atoms with Crippen LogP contribution in [0.15, 0.2) is 0 Å². The van der Waals surface area contributed by atoms with E-state index in [4.69, 9.17) is 4.74 Å². The largest absolute Gasteiger partial charge is 0.465 e. The first-order chi connectivity index (χ1) is 6.69. The van der Waals surface area contributed by atoms with Gasteiger partial charge in [0.05, 0.1) is 12.0 Å². The smallest absolute Gasteiger partial charge is 0.311 e. The van der Waals surface area contributed by atoms with Gasteiger partial charge in [-0.25, -0.2) is 0 Å². The van der Waals surface area contributed by atoms with Crippen LogP contribution in [0.5, 0.6) is 0 Å². The van der Waals surface area contributed by atoms with Crippen LogP contribution < -0.4 is 0 Å². The highest BCUT2D eigenvalue weighted by Gasteiger charge is 2.35. The molecular weight excluding hydrogens is 176 g/mol. The first-order valence-electron chi connectivity index (χ1n) is 5.86. The first-order valence-corrected chi connectivity index (χ1v) is 5.86. The monoisotopic (exact) mass is 198 g/mol. The van der Waals surface area contributed by atoms with Crippen molar-refractivity contribution >= 4 is 5.97 Å². The average Bonchev–Trinajstić information content (AvgIpc) is 2.19. The molecule has 0 aromatic carbocycles. The van der Waals surface area contributed by atoms with Crippen LogP contribution in [-0.2, 0) is 9.53 Å². The molecule has 1 aliphatic rings. The zero-order chi connectivity index (χ0) is 10.4. The van der Waals surface area contributed by atoms with Gasteiger partial charge in [-0.15, -0.1) is 0 Å². The van der Waals surface area contributed by atoms with Crippen molar-refractivity contribution in [3.05, 3.63) is 0 Å². The lowest BCUT2D eigenvalue weighted by Crippen LogP contribution is -2.32. The van der Waals surface area contributed by atoms with Gasteiger partial charge in [-0.1, -0.05) is 32.6 Å². The minimum Gasteiger partial charge on any atom is -0.465 e. The zero-order valence-corrected chi connectivity index (χ0v) is 9.47. The minimum atomic E-state index is -0.175. The summed E-state index contributed by atoms with van der Waals surface area (Å²) in [5.41, 5.74) is -0.175. The molecular formula is C12H22O2. The van der Waals surface area contributed by atoms with Crippen LogP contribution in [0.25, 0.3) is 0 Å². The lowest BCUT2D eigenvalue weighted by molar-refractivity contribution is -0.157. The highest BCUT2D eigenvalue weighted by Crippen LogP contribution is 2.36. The fourth-order valence-corrected chi connectivity index (χ4v) is 2.02. The molecule has 0 aliphatic heterocycles. The third kappa shape index (κ3) is 3.00. The number of carbonyl (C=O) groups excluding carboxylic acids is 1. The van der Waals surface area contributed by atoms with Gasteiger partial charge in [-0.05, 0) is 26.2 Å².